The predicted octanol–water partition coefficient (Wildman–Crippen LogP) is 2.64. The van der Waals surface area contributed by atoms with Crippen molar-refractivity contribution in [3.8, 4) is 0 Å². The van der Waals surface area contributed by atoms with Gasteiger partial charge in [-0.05, 0) is 24.8 Å². The van der Waals surface area contributed by atoms with Crippen molar-refractivity contribution in [3.63, 3.8) is 0 Å². The van der Waals surface area contributed by atoms with Gasteiger partial charge in [0.05, 0.1) is 0 Å². The van der Waals surface area contributed by atoms with E-state index in [0.29, 0.717) is 12.5 Å². The SMILES string of the molecule is CCCCCC(C)C[C@H](CN)CC(=O)O. The molecule has 0 amide bonds. The van der Waals surface area contributed by atoms with Crippen LogP contribution in [0.3, 0.4) is 0 Å². The molecule has 0 bridgehead atoms. The van der Waals surface area contributed by atoms with Crippen molar-refractivity contribution in [2.24, 2.45) is 17.6 Å². The third-order valence-electron chi connectivity index (χ3n) is 2.83. The summed E-state index contributed by atoms with van der Waals surface area (Å²) in [5.74, 6) is 0.0229. The largest absolute Gasteiger partial charge is 0.481 e. The predicted molar refractivity (Wildman–Crippen MR) is 62.7 cm³/mol. The minimum atomic E-state index is -0.730. The zero-order chi connectivity index (χ0) is 11.7. The van der Waals surface area contributed by atoms with Crippen LogP contribution in [0.5, 0.6) is 0 Å². The second-order valence-corrected chi connectivity index (χ2v) is 4.54. The molecule has 0 aliphatic heterocycles. The third kappa shape index (κ3) is 8.43. The lowest BCUT2D eigenvalue weighted by atomic mass is 9.90. The number of hydrogen-bond donors (Lipinski definition) is 2. The Morgan fingerprint density at radius 2 is 2.07 bits per heavy atom. The molecule has 2 atom stereocenters. The van der Waals surface area contributed by atoms with Gasteiger partial charge in [0.15, 0.2) is 0 Å². The molecule has 3 N–H and O–H groups in total. The first-order valence-electron chi connectivity index (χ1n) is 6.02. The van der Waals surface area contributed by atoms with Crippen LogP contribution in [0.2, 0.25) is 0 Å². The number of carbonyl (C=O) groups is 1. The molecule has 0 heterocycles. The molecule has 0 aliphatic rings. The maximum absolute atomic E-state index is 10.6. The van der Waals surface area contributed by atoms with Gasteiger partial charge in [-0.1, -0.05) is 39.5 Å². The summed E-state index contributed by atoms with van der Waals surface area (Å²) in [4.78, 5) is 10.6. The molecule has 0 rings (SSSR count). The van der Waals surface area contributed by atoms with Crippen LogP contribution < -0.4 is 5.73 Å². The van der Waals surface area contributed by atoms with Crippen LogP contribution in [-0.4, -0.2) is 17.6 Å². The van der Waals surface area contributed by atoms with Crippen molar-refractivity contribution in [3.05, 3.63) is 0 Å². The van der Waals surface area contributed by atoms with Crippen molar-refractivity contribution >= 4 is 5.97 Å². The van der Waals surface area contributed by atoms with E-state index in [2.05, 4.69) is 13.8 Å². The second-order valence-electron chi connectivity index (χ2n) is 4.54. The highest BCUT2D eigenvalue weighted by molar-refractivity contribution is 5.67. The van der Waals surface area contributed by atoms with Crippen molar-refractivity contribution in [1.29, 1.82) is 0 Å². The Kier molecular flexibility index (Phi) is 8.38. The molecule has 0 aromatic rings. The van der Waals surface area contributed by atoms with Crippen LogP contribution in [-0.2, 0) is 4.79 Å². The fraction of sp³-hybridized carbons (Fsp3) is 0.917. The molecule has 0 aromatic carbocycles. The van der Waals surface area contributed by atoms with Gasteiger partial charge >= 0.3 is 5.97 Å². The maximum atomic E-state index is 10.6. The van der Waals surface area contributed by atoms with Crippen molar-refractivity contribution < 1.29 is 9.90 Å². The molecule has 0 saturated carbocycles. The number of rotatable bonds is 9. The van der Waals surface area contributed by atoms with Crippen LogP contribution in [0.4, 0.5) is 0 Å². The highest BCUT2D eigenvalue weighted by Crippen LogP contribution is 2.20. The van der Waals surface area contributed by atoms with Gasteiger partial charge in [-0.15, -0.1) is 0 Å². The zero-order valence-electron chi connectivity index (χ0n) is 10.0. The summed E-state index contributed by atoms with van der Waals surface area (Å²) in [5, 5.41) is 8.69. The highest BCUT2D eigenvalue weighted by atomic mass is 16.4. The van der Waals surface area contributed by atoms with E-state index >= 15 is 0 Å². The Morgan fingerprint density at radius 1 is 1.40 bits per heavy atom. The average molecular weight is 215 g/mol. The summed E-state index contributed by atoms with van der Waals surface area (Å²) in [5.41, 5.74) is 5.56. The van der Waals surface area contributed by atoms with E-state index in [4.69, 9.17) is 10.8 Å². The lowest BCUT2D eigenvalue weighted by Crippen LogP contribution is -2.20. The Bertz CT molecular complexity index is 171. The van der Waals surface area contributed by atoms with Crippen molar-refractivity contribution in [2.45, 2.75) is 52.4 Å². The zero-order valence-corrected chi connectivity index (χ0v) is 10.0. The second kappa shape index (κ2) is 8.72. The quantitative estimate of drug-likeness (QED) is 0.581. The molecule has 3 heteroatoms. The first-order valence-corrected chi connectivity index (χ1v) is 6.02. The lowest BCUT2D eigenvalue weighted by Gasteiger charge is -2.17. The maximum Gasteiger partial charge on any atom is 0.303 e. The number of carboxylic acids is 1. The summed E-state index contributed by atoms with van der Waals surface area (Å²) >= 11 is 0. The van der Waals surface area contributed by atoms with Crippen LogP contribution in [0.25, 0.3) is 0 Å². The van der Waals surface area contributed by atoms with E-state index in [1.54, 1.807) is 0 Å². The van der Waals surface area contributed by atoms with Crippen molar-refractivity contribution in [1.82, 2.24) is 0 Å². The van der Waals surface area contributed by atoms with E-state index in [9.17, 15) is 4.79 Å². The number of hydrogen-bond acceptors (Lipinski definition) is 2. The number of aliphatic carboxylic acids is 1. The summed E-state index contributed by atoms with van der Waals surface area (Å²) in [6.07, 6.45) is 6.13. The summed E-state index contributed by atoms with van der Waals surface area (Å²) < 4.78 is 0. The topological polar surface area (TPSA) is 63.3 Å². The van der Waals surface area contributed by atoms with Gasteiger partial charge in [0, 0.05) is 6.42 Å². The van der Waals surface area contributed by atoms with E-state index in [1.165, 1.54) is 25.7 Å². The van der Waals surface area contributed by atoms with Gasteiger partial charge in [-0.2, -0.15) is 0 Å². The molecule has 1 unspecified atom stereocenters. The molecule has 15 heavy (non-hydrogen) atoms. The normalized spacial score (nSPS) is 14.9. The minimum absolute atomic E-state index is 0.152. The summed E-state index contributed by atoms with van der Waals surface area (Å²) in [6.45, 7) is 4.88. The Hall–Kier alpha value is -0.570. The Morgan fingerprint density at radius 3 is 2.53 bits per heavy atom. The van der Waals surface area contributed by atoms with Gasteiger partial charge in [-0.3, -0.25) is 4.79 Å². The first-order chi connectivity index (χ1) is 7.10. The average Bonchev–Trinajstić information content (AvgIpc) is 2.16. The molecule has 0 radical (unpaired) electrons. The lowest BCUT2D eigenvalue weighted by molar-refractivity contribution is -0.138. The number of unbranched alkanes of at least 4 members (excludes halogenated alkanes) is 2. The molecule has 90 valence electrons. The minimum Gasteiger partial charge on any atom is -0.481 e. The van der Waals surface area contributed by atoms with E-state index in [1.807, 2.05) is 0 Å². The molecule has 0 fully saturated rings. The van der Waals surface area contributed by atoms with Gasteiger partial charge in [0.1, 0.15) is 0 Å². The fourth-order valence-electron chi connectivity index (χ4n) is 1.94. The number of nitrogens with two attached hydrogens (primary N) is 1. The molecule has 0 aliphatic carbocycles. The van der Waals surface area contributed by atoms with Crippen LogP contribution in [0, 0.1) is 11.8 Å². The molecule has 0 saturated heterocycles. The van der Waals surface area contributed by atoms with Gasteiger partial charge in [0.25, 0.3) is 0 Å². The Balaban J connectivity index is 3.69. The Labute approximate surface area is 93.0 Å². The standard InChI is InChI=1S/C12H25NO2/c1-3-4-5-6-10(2)7-11(9-13)8-12(14)15/h10-11H,3-9,13H2,1-2H3,(H,14,15)/t10?,11-/m0/s1. The van der Waals surface area contributed by atoms with Gasteiger partial charge in [0.2, 0.25) is 0 Å². The summed E-state index contributed by atoms with van der Waals surface area (Å²) in [7, 11) is 0. The van der Waals surface area contributed by atoms with E-state index in [0.717, 1.165) is 6.42 Å². The smallest absolute Gasteiger partial charge is 0.303 e. The first kappa shape index (κ1) is 14.4. The fourth-order valence-corrected chi connectivity index (χ4v) is 1.94. The van der Waals surface area contributed by atoms with Crippen LogP contribution in [0.15, 0.2) is 0 Å². The highest BCUT2D eigenvalue weighted by Gasteiger charge is 2.14. The monoisotopic (exact) mass is 215 g/mol. The molecular formula is C12H25NO2. The molecule has 0 aromatic heterocycles. The van der Waals surface area contributed by atoms with E-state index in [-0.39, 0.29) is 12.3 Å². The molecular weight excluding hydrogens is 190 g/mol. The number of carboxylic acid groups (broad SMARTS) is 1. The van der Waals surface area contributed by atoms with E-state index < -0.39 is 5.97 Å². The van der Waals surface area contributed by atoms with Gasteiger partial charge in [-0.25, -0.2) is 0 Å². The molecule has 0 spiro atoms. The van der Waals surface area contributed by atoms with Crippen LogP contribution in [0.1, 0.15) is 52.4 Å². The van der Waals surface area contributed by atoms with Crippen LogP contribution >= 0.6 is 0 Å². The van der Waals surface area contributed by atoms with Gasteiger partial charge < -0.3 is 10.8 Å². The molecule has 3 nitrogen and oxygen atoms in total. The summed E-state index contributed by atoms with van der Waals surface area (Å²) in [6, 6.07) is 0. The third-order valence-corrected chi connectivity index (χ3v) is 2.83. The van der Waals surface area contributed by atoms with Crippen molar-refractivity contribution in [2.75, 3.05) is 6.54 Å².